The van der Waals surface area contributed by atoms with Gasteiger partial charge in [-0.25, -0.2) is 9.98 Å². The number of carbonyl (C=O) groups is 1. The summed E-state index contributed by atoms with van der Waals surface area (Å²) in [6.07, 6.45) is 4.36. The number of nitrogens with zero attached hydrogens (tertiary/aromatic N) is 2. The molecule has 1 amide bonds. The van der Waals surface area contributed by atoms with Crippen LogP contribution in [-0.2, 0) is 4.79 Å². The van der Waals surface area contributed by atoms with Gasteiger partial charge in [-0.1, -0.05) is 26.8 Å². The highest BCUT2D eigenvalue weighted by Gasteiger charge is 2.07. The Morgan fingerprint density at radius 1 is 1.57 bits per heavy atom. The summed E-state index contributed by atoms with van der Waals surface area (Å²) >= 11 is 0. The average Bonchev–Trinajstić information content (AvgIpc) is 2.16. The first kappa shape index (κ1) is 12.6. The molecular weight excluding hydrogens is 178 g/mol. The Labute approximate surface area is 84.8 Å². The van der Waals surface area contributed by atoms with Gasteiger partial charge in [0.15, 0.2) is 0 Å². The molecule has 0 atom stereocenters. The van der Waals surface area contributed by atoms with Gasteiger partial charge in [-0.2, -0.15) is 0 Å². The topological polar surface area (TPSA) is 53.8 Å². The van der Waals surface area contributed by atoms with E-state index in [0.717, 1.165) is 6.42 Å². The Morgan fingerprint density at radius 2 is 2.21 bits per heavy atom. The fourth-order valence-corrected chi connectivity index (χ4v) is 0.596. The van der Waals surface area contributed by atoms with Crippen molar-refractivity contribution in [1.29, 1.82) is 0 Å². The second-order valence-electron chi connectivity index (χ2n) is 3.05. The molecule has 0 saturated carbocycles. The van der Waals surface area contributed by atoms with Crippen molar-refractivity contribution < 1.29 is 4.79 Å². The van der Waals surface area contributed by atoms with Crippen LogP contribution in [0.5, 0.6) is 0 Å². The molecule has 0 spiro atoms. The molecule has 0 aliphatic rings. The van der Waals surface area contributed by atoms with Crippen molar-refractivity contribution in [3.05, 3.63) is 12.3 Å². The number of hydrogen-bond acceptors (Lipinski definition) is 2. The van der Waals surface area contributed by atoms with Crippen LogP contribution >= 0.6 is 0 Å². The zero-order valence-electron chi connectivity index (χ0n) is 8.95. The van der Waals surface area contributed by atoms with Crippen molar-refractivity contribution in [2.75, 3.05) is 0 Å². The second-order valence-corrected chi connectivity index (χ2v) is 3.05. The molecule has 0 heterocycles. The molecule has 0 unspecified atom stereocenters. The Hall–Kier alpha value is -1.45. The third-order valence-electron chi connectivity index (χ3n) is 1.45. The van der Waals surface area contributed by atoms with Crippen molar-refractivity contribution in [2.24, 2.45) is 15.9 Å². The zero-order valence-corrected chi connectivity index (χ0v) is 8.95. The number of guanidine groups is 1. The number of amides is 1. The first-order valence-corrected chi connectivity index (χ1v) is 4.62. The average molecular weight is 195 g/mol. The molecule has 0 fully saturated rings. The Morgan fingerprint density at radius 3 is 2.64 bits per heavy atom. The molecular formula is C10H17N3O. The van der Waals surface area contributed by atoms with Crippen molar-refractivity contribution in [1.82, 2.24) is 5.32 Å². The van der Waals surface area contributed by atoms with Crippen LogP contribution in [-0.4, -0.2) is 18.6 Å². The summed E-state index contributed by atoms with van der Waals surface area (Å²) in [5.41, 5.74) is 0. The highest BCUT2D eigenvalue weighted by molar-refractivity contribution is 5.99. The molecule has 0 aromatic rings. The van der Waals surface area contributed by atoms with Gasteiger partial charge >= 0.3 is 0 Å². The molecule has 0 aromatic heterocycles. The van der Waals surface area contributed by atoms with Crippen LogP contribution in [0.15, 0.2) is 22.3 Å². The third kappa shape index (κ3) is 5.24. The lowest BCUT2D eigenvalue weighted by molar-refractivity contribution is -0.122. The van der Waals surface area contributed by atoms with Gasteiger partial charge in [0.2, 0.25) is 11.9 Å². The highest BCUT2D eigenvalue weighted by atomic mass is 16.2. The minimum Gasteiger partial charge on any atom is -0.294 e. The summed E-state index contributed by atoms with van der Waals surface area (Å²) in [5.74, 6) is 0.0477. The number of hydrogen-bond donors (Lipinski definition) is 1. The van der Waals surface area contributed by atoms with Crippen LogP contribution < -0.4 is 5.32 Å². The van der Waals surface area contributed by atoms with E-state index in [1.165, 1.54) is 0 Å². The quantitative estimate of drug-likeness (QED) is 0.541. The van der Waals surface area contributed by atoms with Gasteiger partial charge in [-0.05, 0) is 13.1 Å². The first-order valence-electron chi connectivity index (χ1n) is 4.62. The van der Waals surface area contributed by atoms with Gasteiger partial charge in [-0.3, -0.25) is 10.1 Å². The summed E-state index contributed by atoms with van der Waals surface area (Å²) in [6, 6.07) is 0. The van der Waals surface area contributed by atoms with Crippen LogP contribution in [0.3, 0.4) is 0 Å². The Kier molecular flexibility index (Phi) is 6.28. The van der Waals surface area contributed by atoms with Gasteiger partial charge in [-0.15, -0.1) is 0 Å². The standard InChI is InChI=1S/C10H17N3O/c1-5-6-7-12-10(11-4)13-9(14)8(2)3/h6-8H,4-5H2,1-3H3,(H,12,13,14)/b7-6-. The van der Waals surface area contributed by atoms with Gasteiger partial charge < -0.3 is 0 Å². The molecule has 4 nitrogen and oxygen atoms in total. The normalized spacial score (nSPS) is 12.1. The van der Waals surface area contributed by atoms with Gasteiger partial charge in [0.1, 0.15) is 0 Å². The Bertz CT molecular complexity index is 254. The molecule has 0 saturated heterocycles. The predicted molar refractivity (Wildman–Crippen MR) is 59.4 cm³/mol. The molecule has 0 aliphatic heterocycles. The number of allylic oxidation sites excluding steroid dienone is 1. The van der Waals surface area contributed by atoms with Crippen LogP contribution in [0.2, 0.25) is 0 Å². The van der Waals surface area contributed by atoms with Crippen molar-refractivity contribution >= 4 is 18.6 Å². The molecule has 4 heteroatoms. The van der Waals surface area contributed by atoms with Crippen LogP contribution in [0.4, 0.5) is 0 Å². The molecule has 0 aromatic carbocycles. The number of nitrogens with one attached hydrogen (secondary N) is 1. The van der Waals surface area contributed by atoms with Crippen LogP contribution in [0.25, 0.3) is 0 Å². The van der Waals surface area contributed by atoms with E-state index in [0.29, 0.717) is 0 Å². The van der Waals surface area contributed by atoms with E-state index >= 15 is 0 Å². The molecule has 0 bridgehead atoms. The van der Waals surface area contributed by atoms with E-state index in [-0.39, 0.29) is 17.8 Å². The molecule has 0 aliphatic carbocycles. The highest BCUT2D eigenvalue weighted by Crippen LogP contribution is 1.91. The van der Waals surface area contributed by atoms with Crippen LogP contribution in [0.1, 0.15) is 27.2 Å². The van der Waals surface area contributed by atoms with E-state index in [1.54, 1.807) is 20.0 Å². The van der Waals surface area contributed by atoms with E-state index in [9.17, 15) is 4.79 Å². The maximum Gasteiger partial charge on any atom is 0.229 e. The lowest BCUT2D eigenvalue weighted by atomic mass is 10.2. The minimum atomic E-state index is -0.110. The van der Waals surface area contributed by atoms with Gasteiger partial charge in [0, 0.05) is 12.1 Å². The Balaban J connectivity index is 4.29. The SMILES string of the molecule is C=NC(=N/C=C\CC)NC(=O)C(C)C. The summed E-state index contributed by atoms with van der Waals surface area (Å²) in [7, 11) is 0. The number of aliphatic imine (C=N–C) groups is 2. The summed E-state index contributed by atoms with van der Waals surface area (Å²) in [6.45, 7) is 8.93. The third-order valence-corrected chi connectivity index (χ3v) is 1.45. The summed E-state index contributed by atoms with van der Waals surface area (Å²) in [5, 5.41) is 2.56. The number of rotatable bonds is 3. The molecule has 1 N–H and O–H groups in total. The van der Waals surface area contributed by atoms with E-state index in [2.05, 4.69) is 22.0 Å². The molecule has 14 heavy (non-hydrogen) atoms. The van der Waals surface area contributed by atoms with Crippen molar-refractivity contribution in [3.8, 4) is 0 Å². The van der Waals surface area contributed by atoms with Crippen molar-refractivity contribution in [2.45, 2.75) is 27.2 Å². The molecule has 0 rings (SSSR count). The lowest BCUT2D eigenvalue weighted by Gasteiger charge is -2.05. The fraction of sp³-hybridized carbons (Fsp3) is 0.500. The lowest BCUT2D eigenvalue weighted by Crippen LogP contribution is -2.32. The van der Waals surface area contributed by atoms with E-state index in [1.807, 2.05) is 13.0 Å². The van der Waals surface area contributed by atoms with Crippen LogP contribution in [0, 0.1) is 5.92 Å². The predicted octanol–water partition coefficient (Wildman–Crippen LogP) is 1.74. The second kappa shape index (κ2) is 7.00. The first-order chi connectivity index (χ1) is 6.61. The number of carbonyl (C=O) groups excluding carboxylic acids is 1. The molecule has 0 radical (unpaired) electrons. The zero-order chi connectivity index (χ0) is 11.0. The summed E-state index contributed by atoms with van der Waals surface area (Å²) in [4.78, 5) is 18.8. The largest absolute Gasteiger partial charge is 0.294 e. The van der Waals surface area contributed by atoms with E-state index in [4.69, 9.17) is 0 Å². The van der Waals surface area contributed by atoms with E-state index < -0.39 is 0 Å². The monoisotopic (exact) mass is 195 g/mol. The maximum absolute atomic E-state index is 11.2. The summed E-state index contributed by atoms with van der Waals surface area (Å²) < 4.78 is 0. The van der Waals surface area contributed by atoms with Gasteiger partial charge in [0.25, 0.3) is 0 Å². The maximum atomic E-state index is 11.2. The molecule has 78 valence electrons. The smallest absolute Gasteiger partial charge is 0.229 e. The van der Waals surface area contributed by atoms with Crippen molar-refractivity contribution in [3.63, 3.8) is 0 Å². The van der Waals surface area contributed by atoms with Gasteiger partial charge in [0.05, 0.1) is 0 Å². The fourth-order valence-electron chi connectivity index (χ4n) is 0.596. The minimum absolute atomic E-state index is 0.0860.